The Bertz CT molecular complexity index is 1260. The van der Waals surface area contributed by atoms with Gasteiger partial charge in [0.05, 0.1) is 39.7 Å². The number of carbonyl (C=O) groups is 1. The number of benzene rings is 1. The topological polar surface area (TPSA) is 90.4 Å². The third-order valence-electron chi connectivity index (χ3n) is 4.68. The van der Waals surface area contributed by atoms with Crippen LogP contribution in [0.2, 0.25) is 5.02 Å². The Labute approximate surface area is 178 Å². The van der Waals surface area contributed by atoms with E-state index in [1.165, 1.54) is 0 Å². The molecule has 0 spiro atoms. The maximum absolute atomic E-state index is 13.3. The molecule has 0 aliphatic carbocycles. The fourth-order valence-electron chi connectivity index (χ4n) is 3.38. The van der Waals surface area contributed by atoms with E-state index < -0.39 is 0 Å². The van der Waals surface area contributed by atoms with E-state index in [4.69, 9.17) is 25.3 Å². The molecule has 0 atom stereocenters. The minimum Gasteiger partial charge on any atom is -0.490 e. The highest BCUT2D eigenvalue weighted by Crippen LogP contribution is 2.35. The van der Waals surface area contributed by atoms with Gasteiger partial charge in [-0.25, -0.2) is 4.98 Å². The third kappa shape index (κ3) is 3.52. The standard InChI is InChI=1S/C22H20ClN3O4/c1-5-28-20-16(23)7-6-8-17(20)24-21(27)15-10-18(14-9-11(2)29-13(14)4)25-22-19(15)12(3)26-30-22/h6-10H,5H2,1-4H3,(H,24,27). The van der Waals surface area contributed by atoms with Crippen molar-refractivity contribution in [3.05, 3.63) is 58.1 Å². The van der Waals surface area contributed by atoms with Crippen LogP contribution in [0.1, 0.15) is 34.5 Å². The van der Waals surface area contributed by atoms with Crippen LogP contribution < -0.4 is 10.1 Å². The number of halogens is 1. The third-order valence-corrected chi connectivity index (χ3v) is 4.98. The molecule has 0 aliphatic rings. The van der Waals surface area contributed by atoms with E-state index >= 15 is 0 Å². The van der Waals surface area contributed by atoms with Crippen LogP contribution in [0.15, 0.2) is 39.3 Å². The number of para-hydroxylation sites is 1. The number of ether oxygens (including phenoxy) is 1. The van der Waals surface area contributed by atoms with Gasteiger partial charge in [-0.3, -0.25) is 4.79 Å². The molecule has 4 aromatic rings. The zero-order valence-corrected chi connectivity index (χ0v) is 17.8. The van der Waals surface area contributed by atoms with Gasteiger partial charge in [-0.05, 0) is 52.0 Å². The molecule has 154 valence electrons. The number of hydrogen-bond acceptors (Lipinski definition) is 6. The molecule has 1 aromatic carbocycles. The van der Waals surface area contributed by atoms with Crippen LogP contribution in [0.25, 0.3) is 22.4 Å². The molecular weight excluding hydrogens is 406 g/mol. The Hall–Kier alpha value is -3.32. The van der Waals surface area contributed by atoms with Crippen LogP contribution in [-0.4, -0.2) is 22.7 Å². The van der Waals surface area contributed by atoms with Gasteiger partial charge in [0.1, 0.15) is 11.5 Å². The first-order valence-corrected chi connectivity index (χ1v) is 9.84. The normalized spacial score (nSPS) is 11.1. The second kappa shape index (κ2) is 7.84. The molecule has 0 bridgehead atoms. The molecular formula is C22H20ClN3O4. The van der Waals surface area contributed by atoms with Gasteiger partial charge in [0, 0.05) is 5.56 Å². The number of nitrogens with zero attached hydrogens (tertiary/aromatic N) is 2. The van der Waals surface area contributed by atoms with Crippen LogP contribution in [0, 0.1) is 20.8 Å². The molecule has 8 heteroatoms. The number of furan rings is 1. The van der Waals surface area contributed by atoms with Crippen LogP contribution in [-0.2, 0) is 0 Å². The van der Waals surface area contributed by atoms with Crippen molar-refractivity contribution in [1.29, 1.82) is 0 Å². The molecule has 4 rings (SSSR count). The lowest BCUT2D eigenvalue weighted by molar-refractivity contribution is 0.102. The summed E-state index contributed by atoms with van der Waals surface area (Å²) < 4.78 is 16.6. The summed E-state index contributed by atoms with van der Waals surface area (Å²) in [5.41, 5.74) is 3.07. The van der Waals surface area contributed by atoms with Gasteiger partial charge in [-0.1, -0.05) is 22.8 Å². The summed E-state index contributed by atoms with van der Waals surface area (Å²) in [5, 5.41) is 7.84. The molecule has 0 radical (unpaired) electrons. The molecule has 0 saturated carbocycles. The SMILES string of the molecule is CCOc1c(Cl)cccc1NC(=O)c1cc(-c2cc(C)oc2C)nc2onc(C)c12. The van der Waals surface area contributed by atoms with E-state index in [9.17, 15) is 4.79 Å². The van der Waals surface area contributed by atoms with Crippen molar-refractivity contribution in [2.75, 3.05) is 11.9 Å². The summed E-state index contributed by atoms with van der Waals surface area (Å²) in [6, 6.07) is 8.77. The predicted molar refractivity (Wildman–Crippen MR) is 114 cm³/mol. The Morgan fingerprint density at radius 1 is 1.23 bits per heavy atom. The van der Waals surface area contributed by atoms with Crippen LogP contribution in [0.5, 0.6) is 5.75 Å². The molecule has 0 aliphatic heterocycles. The van der Waals surface area contributed by atoms with E-state index in [-0.39, 0.29) is 11.6 Å². The molecule has 7 nitrogen and oxygen atoms in total. The van der Waals surface area contributed by atoms with E-state index in [0.717, 1.165) is 11.3 Å². The second-order valence-electron chi connectivity index (χ2n) is 6.83. The van der Waals surface area contributed by atoms with E-state index in [2.05, 4.69) is 15.5 Å². The first kappa shape index (κ1) is 20.0. The van der Waals surface area contributed by atoms with E-state index in [0.29, 0.717) is 51.2 Å². The monoisotopic (exact) mass is 425 g/mol. The number of aromatic nitrogens is 2. The minimum absolute atomic E-state index is 0.282. The molecule has 0 unspecified atom stereocenters. The van der Waals surface area contributed by atoms with Crippen LogP contribution >= 0.6 is 11.6 Å². The smallest absolute Gasteiger partial charge is 0.259 e. The van der Waals surface area contributed by atoms with Crippen molar-refractivity contribution in [2.45, 2.75) is 27.7 Å². The van der Waals surface area contributed by atoms with Gasteiger partial charge in [-0.2, -0.15) is 0 Å². The number of nitrogens with one attached hydrogen (secondary N) is 1. The number of amides is 1. The van der Waals surface area contributed by atoms with Gasteiger partial charge in [0.15, 0.2) is 5.75 Å². The Balaban J connectivity index is 1.82. The quantitative estimate of drug-likeness (QED) is 0.440. The lowest BCUT2D eigenvalue weighted by Crippen LogP contribution is -2.14. The highest BCUT2D eigenvalue weighted by molar-refractivity contribution is 6.32. The first-order valence-electron chi connectivity index (χ1n) is 9.46. The molecule has 3 aromatic heterocycles. The maximum Gasteiger partial charge on any atom is 0.259 e. The Morgan fingerprint density at radius 3 is 2.73 bits per heavy atom. The fourth-order valence-corrected chi connectivity index (χ4v) is 3.61. The van der Waals surface area contributed by atoms with Gasteiger partial charge >= 0.3 is 0 Å². The summed E-state index contributed by atoms with van der Waals surface area (Å²) in [5.74, 6) is 1.53. The van der Waals surface area contributed by atoms with E-state index in [1.54, 1.807) is 31.2 Å². The fraction of sp³-hybridized carbons (Fsp3) is 0.227. The number of aryl methyl sites for hydroxylation is 3. The van der Waals surface area contributed by atoms with Crippen molar-refractivity contribution in [3.63, 3.8) is 0 Å². The van der Waals surface area contributed by atoms with Crippen molar-refractivity contribution in [3.8, 4) is 17.0 Å². The molecule has 1 amide bonds. The highest BCUT2D eigenvalue weighted by atomic mass is 35.5. The summed E-state index contributed by atoms with van der Waals surface area (Å²) in [6.45, 7) is 7.74. The van der Waals surface area contributed by atoms with Crippen molar-refractivity contribution >= 4 is 34.3 Å². The summed E-state index contributed by atoms with van der Waals surface area (Å²) in [4.78, 5) is 17.8. The molecule has 0 fully saturated rings. The number of hydrogen-bond donors (Lipinski definition) is 1. The van der Waals surface area contributed by atoms with Gasteiger partial charge < -0.3 is 19.0 Å². The number of anilines is 1. The summed E-state index contributed by atoms with van der Waals surface area (Å²) >= 11 is 6.24. The Morgan fingerprint density at radius 2 is 2.03 bits per heavy atom. The number of rotatable bonds is 5. The van der Waals surface area contributed by atoms with Gasteiger partial charge in [0.25, 0.3) is 11.6 Å². The van der Waals surface area contributed by atoms with Gasteiger partial charge in [-0.15, -0.1) is 0 Å². The molecule has 3 heterocycles. The Kier molecular flexibility index (Phi) is 5.22. The number of fused-ring (bicyclic) bond motifs is 1. The lowest BCUT2D eigenvalue weighted by Gasteiger charge is -2.13. The van der Waals surface area contributed by atoms with Crippen molar-refractivity contribution in [2.24, 2.45) is 0 Å². The summed E-state index contributed by atoms with van der Waals surface area (Å²) in [6.07, 6.45) is 0. The second-order valence-corrected chi connectivity index (χ2v) is 7.24. The maximum atomic E-state index is 13.3. The number of pyridine rings is 1. The predicted octanol–water partition coefficient (Wildman–Crippen LogP) is 5.71. The van der Waals surface area contributed by atoms with E-state index in [1.807, 2.05) is 26.8 Å². The zero-order chi connectivity index (χ0) is 21.4. The van der Waals surface area contributed by atoms with Crippen LogP contribution in [0.3, 0.4) is 0 Å². The highest BCUT2D eigenvalue weighted by Gasteiger charge is 2.22. The minimum atomic E-state index is -0.351. The van der Waals surface area contributed by atoms with Crippen molar-refractivity contribution < 1.29 is 18.5 Å². The van der Waals surface area contributed by atoms with Gasteiger partial charge in [0.2, 0.25) is 0 Å². The molecule has 0 saturated heterocycles. The zero-order valence-electron chi connectivity index (χ0n) is 17.0. The van der Waals surface area contributed by atoms with Crippen LogP contribution in [0.4, 0.5) is 5.69 Å². The molecule has 1 N–H and O–H groups in total. The molecule has 30 heavy (non-hydrogen) atoms. The van der Waals surface area contributed by atoms with Crippen molar-refractivity contribution in [1.82, 2.24) is 10.1 Å². The average molecular weight is 426 g/mol. The largest absolute Gasteiger partial charge is 0.490 e. The number of carbonyl (C=O) groups excluding carboxylic acids is 1. The first-order chi connectivity index (χ1) is 14.4. The lowest BCUT2D eigenvalue weighted by atomic mass is 10.1. The summed E-state index contributed by atoms with van der Waals surface area (Å²) in [7, 11) is 0. The average Bonchev–Trinajstić information content (AvgIpc) is 3.25.